The first-order valence-electron chi connectivity index (χ1n) is 4.29. The fourth-order valence-corrected chi connectivity index (χ4v) is 1.69. The predicted molar refractivity (Wildman–Crippen MR) is 60.3 cm³/mol. The molecule has 2 aromatic rings. The SMILES string of the molecule is COc1cc(OC)c2nccc(Br)c2n1. The van der Waals surface area contributed by atoms with Gasteiger partial charge < -0.3 is 9.47 Å². The molecular formula is C10H9BrN2O2. The summed E-state index contributed by atoms with van der Waals surface area (Å²) in [6.45, 7) is 0. The van der Waals surface area contributed by atoms with E-state index in [1.807, 2.05) is 6.07 Å². The Balaban J connectivity index is 2.80. The average Bonchev–Trinajstić information content (AvgIpc) is 2.28. The van der Waals surface area contributed by atoms with Crippen LogP contribution in [0.5, 0.6) is 11.6 Å². The monoisotopic (exact) mass is 268 g/mol. The van der Waals surface area contributed by atoms with E-state index in [0.717, 1.165) is 9.99 Å². The van der Waals surface area contributed by atoms with Crippen molar-refractivity contribution in [1.82, 2.24) is 9.97 Å². The molecule has 0 bridgehead atoms. The Morgan fingerprint density at radius 3 is 2.67 bits per heavy atom. The quantitative estimate of drug-likeness (QED) is 0.839. The molecule has 0 aromatic carbocycles. The molecule has 0 radical (unpaired) electrons. The summed E-state index contributed by atoms with van der Waals surface area (Å²) in [5, 5.41) is 0. The summed E-state index contributed by atoms with van der Waals surface area (Å²) >= 11 is 3.41. The molecule has 78 valence electrons. The fourth-order valence-electron chi connectivity index (χ4n) is 1.30. The standard InChI is InChI=1S/C10H9BrN2O2/c1-14-7-5-8(15-2)13-9-6(11)3-4-12-10(7)9/h3-5H,1-2H3. The molecule has 0 aliphatic rings. The van der Waals surface area contributed by atoms with E-state index in [1.54, 1.807) is 26.5 Å². The highest BCUT2D eigenvalue weighted by atomic mass is 79.9. The van der Waals surface area contributed by atoms with E-state index in [9.17, 15) is 0 Å². The minimum absolute atomic E-state index is 0.507. The molecule has 0 atom stereocenters. The third kappa shape index (κ3) is 1.74. The molecule has 0 saturated carbocycles. The Morgan fingerprint density at radius 2 is 2.00 bits per heavy atom. The van der Waals surface area contributed by atoms with Crippen LogP contribution < -0.4 is 9.47 Å². The van der Waals surface area contributed by atoms with E-state index in [1.165, 1.54) is 0 Å². The predicted octanol–water partition coefficient (Wildman–Crippen LogP) is 2.41. The van der Waals surface area contributed by atoms with E-state index in [-0.39, 0.29) is 0 Å². The lowest BCUT2D eigenvalue weighted by atomic mass is 10.3. The third-order valence-corrected chi connectivity index (χ3v) is 2.65. The van der Waals surface area contributed by atoms with Gasteiger partial charge in [-0.25, -0.2) is 4.98 Å². The van der Waals surface area contributed by atoms with Crippen LogP contribution in [0.1, 0.15) is 0 Å². The number of aromatic nitrogens is 2. The summed E-state index contributed by atoms with van der Waals surface area (Å²) in [5.74, 6) is 1.16. The maximum atomic E-state index is 5.22. The van der Waals surface area contributed by atoms with Crippen molar-refractivity contribution in [3.63, 3.8) is 0 Å². The average molecular weight is 269 g/mol. The van der Waals surface area contributed by atoms with Crippen molar-refractivity contribution < 1.29 is 9.47 Å². The smallest absolute Gasteiger partial charge is 0.217 e. The Hall–Kier alpha value is -1.36. The summed E-state index contributed by atoms with van der Waals surface area (Å²) in [7, 11) is 3.16. The van der Waals surface area contributed by atoms with Crippen molar-refractivity contribution in [3.05, 3.63) is 22.8 Å². The van der Waals surface area contributed by atoms with Gasteiger partial charge in [-0.3, -0.25) is 4.98 Å². The molecule has 0 spiro atoms. The van der Waals surface area contributed by atoms with Crippen LogP contribution in [0.2, 0.25) is 0 Å². The van der Waals surface area contributed by atoms with Gasteiger partial charge in [0.05, 0.1) is 14.2 Å². The Labute approximate surface area is 95.4 Å². The van der Waals surface area contributed by atoms with Crippen LogP contribution in [0.15, 0.2) is 22.8 Å². The van der Waals surface area contributed by atoms with E-state index in [0.29, 0.717) is 17.1 Å². The molecule has 0 amide bonds. The van der Waals surface area contributed by atoms with Crippen molar-refractivity contribution in [1.29, 1.82) is 0 Å². The van der Waals surface area contributed by atoms with Crippen molar-refractivity contribution in [2.45, 2.75) is 0 Å². The van der Waals surface area contributed by atoms with E-state index in [4.69, 9.17) is 9.47 Å². The molecule has 0 fully saturated rings. The normalized spacial score (nSPS) is 10.3. The van der Waals surface area contributed by atoms with Crippen LogP contribution in [0, 0.1) is 0 Å². The number of methoxy groups -OCH3 is 2. The van der Waals surface area contributed by atoms with Gasteiger partial charge in [0.1, 0.15) is 11.0 Å². The maximum Gasteiger partial charge on any atom is 0.217 e. The van der Waals surface area contributed by atoms with Crippen LogP contribution in [0.25, 0.3) is 11.0 Å². The summed E-state index contributed by atoms with van der Waals surface area (Å²) in [6, 6.07) is 3.54. The molecule has 0 unspecified atom stereocenters. The number of rotatable bonds is 2. The van der Waals surface area contributed by atoms with Crippen LogP contribution in [-0.4, -0.2) is 24.2 Å². The number of ether oxygens (including phenoxy) is 2. The molecule has 0 N–H and O–H groups in total. The number of halogens is 1. The lowest BCUT2D eigenvalue weighted by Crippen LogP contribution is -1.94. The van der Waals surface area contributed by atoms with Gasteiger partial charge in [0.2, 0.25) is 5.88 Å². The molecule has 0 aliphatic carbocycles. The van der Waals surface area contributed by atoms with Crippen LogP contribution >= 0.6 is 15.9 Å². The number of hydrogen-bond acceptors (Lipinski definition) is 4. The van der Waals surface area contributed by atoms with Gasteiger partial charge in [-0.15, -0.1) is 0 Å². The van der Waals surface area contributed by atoms with Gasteiger partial charge in [-0.05, 0) is 22.0 Å². The Morgan fingerprint density at radius 1 is 1.20 bits per heavy atom. The Kier molecular flexibility index (Phi) is 2.73. The zero-order valence-electron chi connectivity index (χ0n) is 8.32. The maximum absolute atomic E-state index is 5.22. The zero-order chi connectivity index (χ0) is 10.8. The second-order valence-corrected chi connectivity index (χ2v) is 3.71. The summed E-state index contributed by atoms with van der Waals surface area (Å²) < 4.78 is 11.2. The van der Waals surface area contributed by atoms with Gasteiger partial charge in [0.15, 0.2) is 5.75 Å². The highest BCUT2D eigenvalue weighted by Crippen LogP contribution is 2.30. The molecule has 5 heteroatoms. The summed E-state index contributed by atoms with van der Waals surface area (Å²) in [4.78, 5) is 8.51. The van der Waals surface area contributed by atoms with E-state index < -0.39 is 0 Å². The highest BCUT2D eigenvalue weighted by Gasteiger charge is 2.09. The van der Waals surface area contributed by atoms with Crippen molar-refractivity contribution in [3.8, 4) is 11.6 Å². The topological polar surface area (TPSA) is 44.2 Å². The molecule has 2 heterocycles. The first-order valence-corrected chi connectivity index (χ1v) is 5.09. The molecule has 15 heavy (non-hydrogen) atoms. The van der Waals surface area contributed by atoms with Gasteiger partial charge in [0, 0.05) is 16.7 Å². The fraction of sp³-hybridized carbons (Fsp3) is 0.200. The second kappa shape index (κ2) is 4.02. The lowest BCUT2D eigenvalue weighted by Gasteiger charge is -2.07. The minimum Gasteiger partial charge on any atom is -0.494 e. The van der Waals surface area contributed by atoms with Crippen LogP contribution in [0.4, 0.5) is 0 Å². The van der Waals surface area contributed by atoms with Gasteiger partial charge in [0.25, 0.3) is 0 Å². The first-order chi connectivity index (χ1) is 7.26. The molecule has 2 rings (SSSR count). The van der Waals surface area contributed by atoms with Crippen LogP contribution in [0.3, 0.4) is 0 Å². The molecule has 0 aliphatic heterocycles. The number of pyridine rings is 2. The second-order valence-electron chi connectivity index (χ2n) is 2.86. The molecule has 0 saturated heterocycles. The van der Waals surface area contributed by atoms with Crippen molar-refractivity contribution >= 4 is 27.0 Å². The number of fused-ring (bicyclic) bond motifs is 1. The molecular weight excluding hydrogens is 260 g/mol. The van der Waals surface area contributed by atoms with Gasteiger partial charge >= 0.3 is 0 Å². The van der Waals surface area contributed by atoms with E-state index >= 15 is 0 Å². The number of nitrogens with zero attached hydrogens (tertiary/aromatic N) is 2. The largest absolute Gasteiger partial charge is 0.494 e. The summed E-state index contributed by atoms with van der Waals surface area (Å²) in [5.41, 5.74) is 1.45. The van der Waals surface area contributed by atoms with Crippen molar-refractivity contribution in [2.75, 3.05) is 14.2 Å². The first kappa shape index (κ1) is 10.2. The molecule has 2 aromatic heterocycles. The third-order valence-electron chi connectivity index (χ3n) is 2.01. The van der Waals surface area contributed by atoms with Crippen molar-refractivity contribution in [2.24, 2.45) is 0 Å². The van der Waals surface area contributed by atoms with Crippen LogP contribution in [-0.2, 0) is 0 Å². The number of hydrogen-bond donors (Lipinski definition) is 0. The summed E-state index contributed by atoms with van der Waals surface area (Å²) in [6.07, 6.45) is 1.70. The highest BCUT2D eigenvalue weighted by molar-refractivity contribution is 9.10. The Bertz CT molecular complexity index is 502. The molecule has 4 nitrogen and oxygen atoms in total. The minimum atomic E-state index is 0.507. The van der Waals surface area contributed by atoms with Gasteiger partial charge in [-0.2, -0.15) is 0 Å². The van der Waals surface area contributed by atoms with E-state index in [2.05, 4.69) is 25.9 Å². The lowest BCUT2D eigenvalue weighted by molar-refractivity contribution is 0.386. The van der Waals surface area contributed by atoms with Gasteiger partial charge in [-0.1, -0.05) is 0 Å². The zero-order valence-corrected chi connectivity index (χ0v) is 9.91.